The number of aliphatic hydroxyl groups excluding tert-OH is 1. The second kappa shape index (κ2) is 11.5. The molecule has 0 bridgehead atoms. The Morgan fingerprint density at radius 2 is 1.73 bits per heavy atom. The number of aliphatic hydroxyl groups is 1. The first-order valence-corrected chi connectivity index (χ1v) is 13.8. The molecule has 1 unspecified atom stereocenters. The summed E-state index contributed by atoms with van der Waals surface area (Å²) >= 11 is 1.29. The van der Waals surface area contributed by atoms with E-state index in [4.69, 9.17) is 18.9 Å². The summed E-state index contributed by atoms with van der Waals surface area (Å²) in [5, 5.41) is 11.9. The molecule has 1 fully saturated rings. The van der Waals surface area contributed by atoms with Crippen molar-refractivity contribution in [1.82, 2.24) is 4.98 Å². The van der Waals surface area contributed by atoms with Crippen molar-refractivity contribution in [2.75, 3.05) is 32.8 Å². The van der Waals surface area contributed by atoms with Gasteiger partial charge in [-0.2, -0.15) is 0 Å². The highest BCUT2D eigenvalue weighted by atomic mass is 32.1. The Hall–Kier alpha value is -4.57. The quantitative estimate of drug-likeness (QED) is 0.146. The number of fused-ring (bicyclic) bond motifs is 1. The molecule has 0 saturated carbocycles. The molecule has 3 aromatic carbocycles. The number of nitrogens with zero attached hydrogens (tertiary/aromatic N) is 2. The standard InChI is InChI=1S/C31H30N2O7S/c1-6-12-40-20-9-7-8-18(14-20)27(34)25-26(19-15-22(37-3)29(39-5)23(16-19)38-4)33(30(36)28(25)35)31-32-21-11-10-17(2)13-24(21)41-31/h7-11,13-16,26,34H,6,12H2,1-5H3. The number of carbonyl (C=O) groups excluding carboxylic acids is 2. The number of aryl methyl sites for hydroxylation is 1. The van der Waals surface area contributed by atoms with Crippen molar-refractivity contribution < 1.29 is 33.6 Å². The lowest BCUT2D eigenvalue weighted by molar-refractivity contribution is -0.132. The van der Waals surface area contributed by atoms with Gasteiger partial charge >= 0.3 is 5.91 Å². The Morgan fingerprint density at radius 3 is 2.39 bits per heavy atom. The van der Waals surface area contributed by atoms with E-state index in [0.717, 1.165) is 16.7 Å². The van der Waals surface area contributed by atoms with Crippen LogP contribution < -0.4 is 23.8 Å². The van der Waals surface area contributed by atoms with Crippen LogP contribution in [0.5, 0.6) is 23.0 Å². The van der Waals surface area contributed by atoms with Gasteiger partial charge in [-0.15, -0.1) is 0 Å². The van der Waals surface area contributed by atoms with Gasteiger partial charge in [0.25, 0.3) is 5.78 Å². The number of Topliss-reactive ketones (excluding diaryl/α,β-unsaturated/α-hetero) is 1. The zero-order valence-electron chi connectivity index (χ0n) is 23.4. The first kappa shape index (κ1) is 28.0. The highest BCUT2D eigenvalue weighted by molar-refractivity contribution is 7.22. The zero-order chi connectivity index (χ0) is 29.3. The molecular weight excluding hydrogens is 544 g/mol. The summed E-state index contributed by atoms with van der Waals surface area (Å²) in [6.45, 7) is 4.46. The Balaban J connectivity index is 1.75. The zero-order valence-corrected chi connectivity index (χ0v) is 24.2. The monoisotopic (exact) mass is 574 g/mol. The SMILES string of the molecule is CCCOc1cccc(C(O)=C2C(=O)C(=O)N(c3nc4ccc(C)cc4s3)C2c2cc(OC)c(OC)c(OC)c2)c1. The molecule has 9 nitrogen and oxygen atoms in total. The van der Waals surface area contributed by atoms with E-state index in [9.17, 15) is 14.7 Å². The first-order valence-electron chi connectivity index (χ1n) is 13.0. The molecule has 212 valence electrons. The normalized spacial score (nSPS) is 16.3. The fourth-order valence-electron chi connectivity index (χ4n) is 4.84. The highest BCUT2D eigenvalue weighted by Gasteiger charge is 2.48. The molecule has 1 atom stereocenters. The number of amides is 1. The molecule has 10 heteroatoms. The number of hydrogen-bond donors (Lipinski definition) is 1. The van der Waals surface area contributed by atoms with Gasteiger partial charge < -0.3 is 24.1 Å². The van der Waals surface area contributed by atoms with E-state index in [1.54, 1.807) is 36.4 Å². The fraction of sp³-hybridized carbons (Fsp3) is 0.258. The Kier molecular flexibility index (Phi) is 7.85. The van der Waals surface area contributed by atoms with Gasteiger partial charge in [0.15, 0.2) is 16.6 Å². The molecule has 1 saturated heterocycles. The maximum Gasteiger partial charge on any atom is 0.301 e. The maximum absolute atomic E-state index is 13.7. The van der Waals surface area contributed by atoms with Crippen molar-refractivity contribution >= 4 is 44.1 Å². The smallest absolute Gasteiger partial charge is 0.301 e. The minimum atomic E-state index is -1.04. The molecule has 1 amide bonds. The van der Waals surface area contributed by atoms with Crippen LogP contribution in [0, 0.1) is 6.92 Å². The number of aromatic nitrogens is 1. The summed E-state index contributed by atoms with van der Waals surface area (Å²) in [5.41, 5.74) is 2.46. The van der Waals surface area contributed by atoms with Gasteiger partial charge in [-0.1, -0.05) is 36.5 Å². The largest absolute Gasteiger partial charge is 0.507 e. The number of carbonyl (C=O) groups is 2. The molecule has 0 spiro atoms. The van der Waals surface area contributed by atoms with Crippen LogP contribution in [0.2, 0.25) is 0 Å². The molecule has 4 aromatic rings. The summed E-state index contributed by atoms with van der Waals surface area (Å²) in [5.74, 6) is -0.410. The number of anilines is 1. The Morgan fingerprint density at radius 1 is 1.00 bits per heavy atom. The average molecular weight is 575 g/mol. The van der Waals surface area contributed by atoms with E-state index < -0.39 is 17.7 Å². The van der Waals surface area contributed by atoms with Crippen molar-refractivity contribution in [2.45, 2.75) is 26.3 Å². The number of rotatable bonds is 9. The van der Waals surface area contributed by atoms with Crippen LogP contribution in [0.25, 0.3) is 16.0 Å². The lowest BCUT2D eigenvalue weighted by Gasteiger charge is -2.24. The van der Waals surface area contributed by atoms with Crippen LogP contribution >= 0.6 is 11.3 Å². The van der Waals surface area contributed by atoms with Crippen molar-refractivity contribution in [3.8, 4) is 23.0 Å². The summed E-state index contributed by atoms with van der Waals surface area (Å²) < 4.78 is 23.2. The number of hydrogen-bond acceptors (Lipinski definition) is 9. The van der Waals surface area contributed by atoms with Crippen LogP contribution in [-0.4, -0.2) is 49.7 Å². The topological polar surface area (TPSA) is 107 Å². The van der Waals surface area contributed by atoms with E-state index in [0.29, 0.717) is 51.4 Å². The summed E-state index contributed by atoms with van der Waals surface area (Å²) in [7, 11) is 4.45. The van der Waals surface area contributed by atoms with Gasteiger partial charge in [0, 0.05) is 5.56 Å². The number of thiazole rings is 1. The fourth-order valence-corrected chi connectivity index (χ4v) is 5.93. The molecule has 1 N–H and O–H groups in total. The predicted octanol–water partition coefficient (Wildman–Crippen LogP) is 6.05. The summed E-state index contributed by atoms with van der Waals surface area (Å²) in [6, 6.07) is 14.9. The molecule has 1 aliphatic heterocycles. The van der Waals surface area contributed by atoms with E-state index in [-0.39, 0.29) is 11.3 Å². The molecule has 41 heavy (non-hydrogen) atoms. The molecule has 0 radical (unpaired) electrons. The predicted molar refractivity (Wildman–Crippen MR) is 157 cm³/mol. The van der Waals surface area contributed by atoms with Crippen LogP contribution in [0.3, 0.4) is 0 Å². The van der Waals surface area contributed by atoms with Crippen LogP contribution in [0.4, 0.5) is 5.13 Å². The second-order valence-corrected chi connectivity index (χ2v) is 10.5. The Labute approximate surface area is 241 Å². The Bertz CT molecular complexity index is 1650. The molecular formula is C31H30N2O7S. The van der Waals surface area contributed by atoms with Crippen molar-refractivity contribution in [1.29, 1.82) is 0 Å². The third-order valence-corrected chi connectivity index (χ3v) is 7.78. The third-order valence-electron chi connectivity index (χ3n) is 6.77. The maximum atomic E-state index is 13.7. The van der Waals surface area contributed by atoms with Gasteiger partial charge in [-0.25, -0.2) is 4.98 Å². The first-order chi connectivity index (χ1) is 19.8. The van der Waals surface area contributed by atoms with Crippen LogP contribution in [0.1, 0.15) is 36.1 Å². The molecule has 2 heterocycles. The highest BCUT2D eigenvalue weighted by Crippen LogP contribution is 2.48. The van der Waals surface area contributed by atoms with Crippen LogP contribution in [0.15, 0.2) is 60.2 Å². The van der Waals surface area contributed by atoms with Crippen LogP contribution in [-0.2, 0) is 9.59 Å². The minimum absolute atomic E-state index is 0.0904. The van der Waals surface area contributed by atoms with Gasteiger partial charge in [0.05, 0.1) is 49.8 Å². The van der Waals surface area contributed by atoms with Crippen molar-refractivity contribution in [3.63, 3.8) is 0 Å². The van der Waals surface area contributed by atoms with Crippen molar-refractivity contribution in [3.05, 3.63) is 76.9 Å². The summed E-state index contributed by atoms with van der Waals surface area (Å²) in [4.78, 5) is 33.4. The molecule has 1 aromatic heterocycles. The number of ether oxygens (including phenoxy) is 4. The second-order valence-electron chi connectivity index (χ2n) is 9.47. The van der Waals surface area contributed by atoms with E-state index >= 15 is 0 Å². The number of ketones is 1. The van der Waals surface area contributed by atoms with Gasteiger partial charge in [-0.05, 0) is 60.9 Å². The number of benzene rings is 3. The number of methoxy groups -OCH3 is 3. The molecule has 0 aliphatic carbocycles. The average Bonchev–Trinajstić information content (AvgIpc) is 3.52. The van der Waals surface area contributed by atoms with Gasteiger partial charge in [0.1, 0.15) is 11.5 Å². The van der Waals surface area contributed by atoms with E-state index in [1.165, 1.54) is 37.6 Å². The minimum Gasteiger partial charge on any atom is -0.507 e. The lowest BCUT2D eigenvalue weighted by atomic mass is 9.94. The van der Waals surface area contributed by atoms with Gasteiger partial charge in [-0.3, -0.25) is 14.5 Å². The lowest BCUT2D eigenvalue weighted by Crippen LogP contribution is -2.29. The summed E-state index contributed by atoms with van der Waals surface area (Å²) in [6.07, 6.45) is 0.810. The van der Waals surface area contributed by atoms with E-state index in [1.807, 2.05) is 32.0 Å². The molecule has 5 rings (SSSR count). The van der Waals surface area contributed by atoms with Gasteiger partial charge in [0.2, 0.25) is 5.75 Å². The van der Waals surface area contributed by atoms with E-state index in [2.05, 4.69) is 4.98 Å². The molecule has 1 aliphatic rings. The van der Waals surface area contributed by atoms with Crippen molar-refractivity contribution in [2.24, 2.45) is 0 Å². The third kappa shape index (κ3) is 5.06.